The highest BCUT2D eigenvalue weighted by molar-refractivity contribution is 6.32. The zero-order valence-electron chi connectivity index (χ0n) is 10.5. The summed E-state index contributed by atoms with van der Waals surface area (Å²) >= 11 is 6.01. The van der Waals surface area contributed by atoms with Crippen LogP contribution in [0.2, 0.25) is 5.15 Å². The molecule has 2 heterocycles. The number of piperidine rings is 1. The highest BCUT2D eigenvalue weighted by Crippen LogP contribution is 2.39. The molecular formula is C13H19ClN4. The maximum atomic E-state index is 6.04. The van der Waals surface area contributed by atoms with Gasteiger partial charge in [0.2, 0.25) is 0 Å². The minimum absolute atomic E-state index is 0.373. The Kier molecular flexibility index (Phi) is 3.29. The van der Waals surface area contributed by atoms with Gasteiger partial charge in [0.15, 0.2) is 11.0 Å². The molecule has 2 aliphatic rings. The summed E-state index contributed by atoms with van der Waals surface area (Å²) in [6.07, 6.45) is 9.37. The highest BCUT2D eigenvalue weighted by Gasteiger charge is 2.34. The van der Waals surface area contributed by atoms with Crippen LogP contribution >= 0.6 is 11.6 Å². The Bertz CT molecular complexity index is 435. The third kappa shape index (κ3) is 2.03. The second-order valence-electron chi connectivity index (χ2n) is 5.35. The molecule has 2 atom stereocenters. The van der Waals surface area contributed by atoms with Crippen molar-refractivity contribution in [3.05, 3.63) is 11.5 Å². The number of hydrogen-bond acceptors (Lipinski definition) is 4. The van der Waals surface area contributed by atoms with E-state index >= 15 is 0 Å². The minimum Gasteiger partial charge on any atom is -0.393 e. The van der Waals surface area contributed by atoms with Crippen LogP contribution in [0.25, 0.3) is 0 Å². The molecule has 5 heteroatoms. The molecule has 2 N–H and O–H groups in total. The molecule has 98 valence electrons. The molecule has 0 radical (unpaired) electrons. The maximum absolute atomic E-state index is 6.04. The van der Waals surface area contributed by atoms with E-state index in [-0.39, 0.29) is 0 Å². The van der Waals surface area contributed by atoms with Crippen molar-refractivity contribution in [3.63, 3.8) is 0 Å². The normalized spacial score (nSPS) is 27.9. The topological polar surface area (TPSA) is 55.0 Å². The average molecular weight is 267 g/mol. The van der Waals surface area contributed by atoms with Gasteiger partial charge in [0.1, 0.15) is 12.0 Å². The molecule has 1 aromatic rings. The number of nitrogens with two attached hydrogens (primary N) is 1. The smallest absolute Gasteiger partial charge is 0.157 e. The summed E-state index contributed by atoms with van der Waals surface area (Å²) in [6, 6.07) is 0.598. The van der Waals surface area contributed by atoms with Gasteiger partial charge in [0.05, 0.1) is 0 Å². The van der Waals surface area contributed by atoms with E-state index in [0.717, 1.165) is 18.3 Å². The molecule has 0 unspecified atom stereocenters. The van der Waals surface area contributed by atoms with Gasteiger partial charge in [-0.25, -0.2) is 9.97 Å². The summed E-state index contributed by atoms with van der Waals surface area (Å²) in [6.45, 7) is 1.04. The Morgan fingerprint density at radius 2 is 1.94 bits per heavy atom. The molecular weight excluding hydrogens is 248 g/mol. The molecule has 0 bridgehead atoms. The van der Waals surface area contributed by atoms with Gasteiger partial charge >= 0.3 is 0 Å². The van der Waals surface area contributed by atoms with Crippen molar-refractivity contribution in [1.29, 1.82) is 0 Å². The zero-order chi connectivity index (χ0) is 12.5. The van der Waals surface area contributed by atoms with Crippen molar-refractivity contribution >= 4 is 23.1 Å². The number of nitrogens with zero attached hydrogens (tertiary/aromatic N) is 3. The second-order valence-corrected chi connectivity index (χ2v) is 5.71. The summed E-state index contributed by atoms with van der Waals surface area (Å²) in [5, 5.41) is 0.373. The minimum atomic E-state index is 0.373. The lowest BCUT2D eigenvalue weighted by Crippen LogP contribution is -2.47. The monoisotopic (exact) mass is 266 g/mol. The third-order valence-electron chi connectivity index (χ3n) is 4.33. The van der Waals surface area contributed by atoms with E-state index in [4.69, 9.17) is 17.3 Å². The first kappa shape index (κ1) is 12.0. The second kappa shape index (κ2) is 4.92. The molecule has 0 amide bonds. The Hall–Kier alpha value is -1.03. The quantitative estimate of drug-likeness (QED) is 0.794. The molecule has 18 heavy (non-hydrogen) atoms. The van der Waals surface area contributed by atoms with E-state index in [0.29, 0.717) is 16.9 Å². The molecule has 1 aliphatic carbocycles. The van der Waals surface area contributed by atoms with Crippen molar-refractivity contribution in [2.45, 2.75) is 44.6 Å². The van der Waals surface area contributed by atoms with Crippen LogP contribution in [0.1, 0.15) is 38.5 Å². The Morgan fingerprint density at radius 1 is 1.17 bits per heavy atom. The number of halogens is 1. The summed E-state index contributed by atoms with van der Waals surface area (Å²) in [5.74, 6) is 1.65. The van der Waals surface area contributed by atoms with Crippen molar-refractivity contribution in [2.24, 2.45) is 5.92 Å². The van der Waals surface area contributed by atoms with Crippen LogP contribution in [0.3, 0.4) is 0 Å². The molecule has 4 nitrogen and oxygen atoms in total. The Morgan fingerprint density at radius 3 is 2.83 bits per heavy atom. The fourth-order valence-corrected chi connectivity index (χ4v) is 3.61. The predicted octanol–water partition coefficient (Wildman–Crippen LogP) is 2.87. The lowest BCUT2D eigenvalue weighted by Gasteiger charge is -2.45. The van der Waals surface area contributed by atoms with Gasteiger partial charge < -0.3 is 10.6 Å². The lowest BCUT2D eigenvalue weighted by molar-refractivity contribution is 0.243. The predicted molar refractivity (Wildman–Crippen MR) is 73.8 cm³/mol. The maximum Gasteiger partial charge on any atom is 0.157 e. The molecule has 0 spiro atoms. The van der Waals surface area contributed by atoms with Gasteiger partial charge in [-0.15, -0.1) is 0 Å². The van der Waals surface area contributed by atoms with Crippen LogP contribution in [0, 0.1) is 5.92 Å². The van der Waals surface area contributed by atoms with Crippen LogP contribution in [-0.4, -0.2) is 22.6 Å². The SMILES string of the molecule is Nc1c(Cl)ncnc1N1CCC[C@H]2CCCC[C@H]21. The Labute approximate surface area is 113 Å². The van der Waals surface area contributed by atoms with Crippen LogP contribution < -0.4 is 10.6 Å². The van der Waals surface area contributed by atoms with E-state index in [1.807, 2.05) is 0 Å². The number of hydrogen-bond donors (Lipinski definition) is 1. The lowest BCUT2D eigenvalue weighted by atomic mass is 9.78. The molecule has 0 aromatic carbocycles. The van der Waals surface area contributed by atoms with Crippen molar-refractivity contribution < 1.29 is 0 Å². The van der Waals surface area contributed by atoms with Crippen LogP contribution in [0.4, 0.5) is 11.5 Å². The molecule has 1 saturated carbocycles. The standard InChI is InChI=1S/C13H19ClN4/c14-12-11(15)13(17-8-16-12)18-7-3-5-9-4-1-2-6-10(9)18/h8-10H,1-7,15H2/t9-,10-/m1/s1. The van der Waals surface area contributed by atoms with E-state index in [1.54, 1.807) is 0 Å². The number of aromatic nitrogens is 2. The summed E-state index contributed by atoms with van der Waals surface area (Å²) in [7, 11) is 0. The van der Waals surface area contributed by atoms with Crippen molar-refractivity contribution in [3.8, 4) is 0 Å². The summed E-state index contributed by atoms with van der Waals surface area (Å²) < 4.78 is 0. The zero-order valence-corrected chi connectivity index (χ0v) is 11.2. The van der Waals surface area contributed by atoms with Crippen molar-refractivity contribution in [2.75, 3.05) is 17.2 Å². The number of rotatable bonds is 1. The number of nitrogen functional groups attached to an aromatic ring is 1. The van der Waals surface area contributed by atoms with Crippen LogP contribution in [0.5, 0.6) is 0 Å². The first-order valence-corrected chi connectivity index (χ1v) is 7.18. The molecule has 3 rings (SSSR count). The highest BCUT2D eigenvalue weighted by atomic mass is 35.5. The van der Waals surface area contributed by atoms with Gasteiger partial charge in [-0.3, -0.25) is 0 Å². The summed E-state index contributed by atoms with van der Waals surface area (Å²) in [4.78, 5) is 10.7. The van der Waals surface area contributed by atoms with Crippen LogP contribution in [-0.2, 0) is 0 Å². The van der Waals surface area contributed by atoms with E-state index in [1.165, 1.54) is 44.9 Å². The Balaban J connectivity index is 1.92. The molecule has 1 aliphatic heterocycles. The third-order valence-corrected chi connectivity index (χ3v) is 4.63. The van der Waals surface area contributed by atoms with E-state index < -0.39 is 0 Å². The van der Waals surface area contributed by atoms with Gasteiger partial charge in [-0.1, -0.05) is 24.4 Å². The first-order chi connectivity index (χ1) is 8.77. The molecule has 1 saturated heterocycles. The number of anilines is 2. The van der Waals surface area contributed by atoms with E-state index in [2.05, 4.69) is 14.9 Å². The summed E-state index contributed by atoms with van der Waals surface area (Å²) in [5.41, 5.74) is 6.57. The van der Waals surface area contributed by atoms with Gasteiger partial charge in [-0.2, -0.15) is 0 Å². The molecule has 2 fully saturated rings. The molecule has 1 aromatic heterocycles. The van der Waals surface area contributed by atoms with Crippen LogP contribution in [0.15, 0.2) is 6.33 Å². The average Bonchev–Trinajstić information content (AvgIpc) is 2.41. The largest absolute Gasteiger partial charge is 0.393 e. The van der Waals surface area contributed by atoms with Gasteiger partial charge in [-0.05, 0) is 31.6 Å². The van der Waals surface area contributed by atoms with E-state index in [9.17, 15) is 0 Å². The van der Waals surface area contributed by atoms with Gasteiger partial charge in [0.25, 0.3) is 0 Å². The first-order valence-electron chi connectivity index (χ1n) is 6.80. The van der Waals surface area contributed by atoms with Crippen molar-refractivity contribution in [1.82, 2.24) is 9.97 Å². The fraction of sp³-hybridized carbons (Fsp3) is 0.692. The number of fused-ring (bicyclic) bond motifs is 1. The van der Waals surface area contributed by atoms with Gasteiger partial charge in [0, 0.05) is 12.6 Å². The fourth-order valence-electron chi connectivity index (χ4n) is 3.48.